The quantitative estimate of drug-likeness (QED) is 0.448. The fourth-order valence-electron chi connectivity index (χ4n) is 5.47. The number of aromatic amines is 1. The third-order valence-electron chi connectivity index (χ3n) is 7.57. The van der Waals surface area contributed by atoms with Crippen LogP contribution in [0, 0.1) is 0 Å². The molecule has 2 N–H and O–H groups in total. The number of benzene rings is 1. The summed E-state index contributed by atoms with van der Waals surface area (Å²) in [6.07, 6.45) is 2.00. The molecule has 10 nitrogen and oxygen atoms in total. The second-order valence-corrected chi connectivity index (χ2v) is 13.5. The predicted molar refractivity (Wildman–Crippen MR) is 157 cm³/mol. The Labute approximate surface area is 248 Å². The van der Waals surface area contributed by atoms with Crippen LogP contribution < -0.4 is 5.32 Å². The van der Waals surface area contributed by atoms with E-state index < -0.39 is 16.1 Å². The number of carbonyl (C=O) groups is 2. The fraction of sp³-hybridized carbons (Fsp3) is 0.462. The van der Waals surface area contributed by atoms with E-state index >= 15 is 0 Å². The number of hydrogen-bond acceptors (Lipinski definition) is 7. The van der Waals surface area contributed by atoms with Crippen molar-refractivity contribution in [3.05, 3.63) is 45.1 Å². The van der Waals surface area contributed by atoms with E-state index in [1.54, 1.807) is 34.1 Å². The maximum atomic E-state index is 13.7. The molecule has 1 unspecified atom stereocenters. The van der Waals surface area contributed by atoms with Gasteiger partial charge in [0.1, 0.15) is 5.03 Å². The highest BCUT2D eigenvalue weighted by Crippen LogP contribution is 2.33. The van der Waals surface area contributed by atoms with Gasteiger partial charge in [-0.05, 0) is 43.2 Å². The van der Waals surface area contributed by atoms with Crippen LogP contribution in [0.25, 0.3) is 10.9 Å². The highest BCUT2D eigenvalue weighted by atomic mass is 35.5. The second-order valence-electron chi connectivity index (χ2n) is 10.1. The first-order chi connectivity index (χ1) is 18.8. The molecular formula is C26H31Cl2N5O5S2. The first kappa shape index (κ1) is 29.2. The number of fused-ring (bicyclic) bond motifs is 2. The number of amides is 2. The van der Waals surface area contributed by atoms with Gasteiger partial charge in [-0.15, -0.1) is 23.7 Å². The zero-order chi connectivity index (χ0) is 27.1. The maximum absolute atomic E-state index is 13.7. The van der Waals surface area contributed by atoms with Crippen LogP contribution in [-0.4, -0.2) is 97.8 Å². The van der Waals surface area contributed by atoms with Crippen LogP contribution in [0.2, 0.25) is 5.02 Å². The standard InChI is InChI=1S/C26H30ClN5O5S2.ClH/c27-18-3-4-20-17(12-18)13-24(29-20)39(35,36)31-6-7-32(19(16-31)14-25(33)30-8-10-37-11-9-30)26(34)23-15-21-22(38-23)2-1-5-28-21;/h3-4,12-13,15,19,28-29H,1-2,5-11,14,16H2;1H. The van der Waals surface area contributed by atoms with Gasteiger partial charge in [-0.2, -0.15) is 4.31 Å². The molecule has 2 aromatic heterocycles. The Kier molecular flexibility index (Phi) is 8.65. The first-order valence-corrected chi connectivity index (χ1v) is 15.7. The number of carbonyl (C=O) groups excluding carboxylic acids is 2. The van der Waals surface area contributed by atoms with Gasteiger partial charge < -0.3 is 24.8 Å². The number of sulfonamides is 1. The number of aromatic nitrogens is 1. The zero-order valence-corrected chi connectivity index (χ0v) is 24.9. The van der Waals surface area contributed by atoms with Crippen molar-refractivity contribution in [1.29, 1.82) is 0 Å². The van der Waals surface area contributed by atoms with Crippen molar-refractivity contribution in [2.45, 2.75) is 30.3 Å². The third-order valence-corrected chi connectivity index (χ3v) is 10.8. The molecule has 2 saturated heterocycles. The molecule has 0 bridgehead atoms. The normalized spacial score (nSPS) is 20.1. The van der Waals surface area contributed by atoms with E-state index in [9.17, 15) is 18.0 Å². The zero-order valence-electron chi connectivity index (χ0n) is 21.7. The van der Waals surface area contributed by atoms with E-state index in [2.05, 4.69) is 10.3 Å². The summed E-state index contributed by atoms with van der Waals surface area (Å²) in [7, 11) is -3.90. The molecule has 0 aliphatic carbocycles. The minimum atomic E-state index is -3.90. The largest absolute Gasteiger partial charge is 0.384 e. The highest BCUT2D eigenvalue weighted by molar-refractivity contribution is 7.89. The molecule has 3 aliphatic heterocycles. The molecule has 2 amide bonds. The van der Waals surface area contributed by atoms with Crippen molar-refractivity contribution in [3.8, 4) is 0 Å². The lowest BCUT2D eigenvalue weighted by Gasteiger charge is -2.41. The molecule has 3 aliphatic rings. The van der Waals surface area contributed by atoms with Crippen molar-refractivity contribution in [2.75, 3.05) is 57.8 Å². The molecule has 14 heteroatoms. The molecule has 6 rings (SSSR count). The topological polar surface area (TPSA) is 115 Å². The lowest BCUT2D eigenvalue weighted by atomic mass is 10.1. The van der Waals surface area contributed by atoms with Crippen LogP contribution >= 0.6 is 35.3 Å². The van der Waals surface area contributed by atoms with Gasteiger partial charge in [0.05, 0.1) is 24.1 Å². The Bertz CT molecular complexity index is 1500. The number of aryl methyl sites for hydroxylation is 1. The molecular weight excluding hydrogens is 597 g/mol. The Hall–Kier alpha value is -2.35. The summed E-state index contributed by atoms with van der Waals surface area (Å²) in [5, 5.41) is 4.64. The molecule has 0 spiro atoms. The first-order valence-electron chi connectivity index (χ1n) is 13.1. The lowest BCUT2D eigenvalue weighted by Crippen LogP contribution is -2.58. The fourth-order valence-corrected chi connectivity index (χ4v) is 8.27. The molecule has 216 valence electrons. The molecule has 2 fully saturated rings. The number of anilines is 1. The van der Waals surface area contributed by atoms with Crippen LogP contribution in [0.4, 0.5) is 5.69 Å². The van der Waals surface area contributed by atoms with Crippen LogP contribution in [0.15, 0.2) is 35.4 Å². The number of piperazine rings is 1. The number of halogens is 2. The molecule has 1 atom stereocenters. The average Bonchev–Trinajstić information content (AvgIpc) is 3.58. The summed E-state index contributed by atoms with van der Waals surface area (Å²) < 4.78 is 34.1. The van der Waals surface area contributed by atoms with Crippen LogP contribution in [0.5, 0.6) is 0 Å². The maximum Gasteiger partial charge on any atom is 0.264 e. The van der Waals surface area contributed by atoms with E-state index in [4.69, 9.17) is 16.3 Å². The van der Waals surface area contributed by atoms with Gasteiger partial charge in [-0.25, -0.2) is 8.42 Å². The van der Waals surface area contributed by atoms with Crippen LogP contribution in [0.1, 0.15) is 27.4 Å². The number of H-pyrrole nitrogens is 1. The number of hydrogen-bond donors (Lipinski definition) is 2. The molecule has 1 aromatic carbocycles. The smallest absolute Gasteiger partial charge is 0.264 e. The Morgan fingerprint density at radius 1 is 1.10 bits per heavy atom. The van der Waals surface area contributed by atoms with Crippen molar-refractivity contribution < 1.29 is 22.7 Å². The average molecular weight is 629 g/mol. The predicted octanol–water partition coefficient (Wildman–Crippen LogP) is 3.43. The van der Waals surface area contributed by atoms with Crippen molar-refractivity contribution in [1.82, 2.24) is 19.1 Å². The minimum Gasteiger partial charge on any atom is -0.384 e. The number of thiophene rings is 1. The van der Waals surface area contributed by atoms with Gasteiger partial charge in [0.2, 0.25) is 5.91 Å². The summed E-state index contributed by atoms with van der Waals surface area (Å²) in [6.45, 7) is 3.16. The molecule has 40 heavy (non-hydrogen) atoms. The Morgan fingerprint density at radius 2 is 1.90 bits per heavy atom. The van der Waals surface area contributed by atoms with E-state index in [1.165, 1.54) is 15.6 Å². The van der Waals surface area contributed by atoms with E-state index in [1.807, 2.05) is 6.07 Å². The van der Waals surface area contributed by atoms with Gasteiger partial charge in [0.25, 0.3) is 15.9 Å². The van der Waals surface area contributed by atoms with Crippen molar-refractivity contribution >= 4 is 73.8 Å². The van der Waals surface area contributed by atoms with E-state index in [0.717, 1.165) is 30.0 Å². The SMILES string of the molecule is Cl.O=C(CC1CN(S(=O)(=O)c2cc3cc(Cl)ccc3[nH]2)CCN1C(=O)c1cc2c(s1)CCCN2)N1CCOCC1. The van der Waals surface area contributed by atoms with Crippen molar-refractivity contribution in [3.63, 3.8) is 0 Å². The van der Waals surface area contributed by atoms with E-state index in [-0.39, 0.29) is 55.3 Å². The summed E-state index contributed by atoms with van der Waals surface area (Å²) in [5.74, 6) is -0.263. The number of rotatable bonds is 5. The lowest BCUT2D eigenvalue weighted by molar-refractivity contribution is -0.136. The molecule has 0 radical (unpaired) electrons. The van der Waals surface area contributed by atoms with E-state index in [0.29, 0.717) is 47.1 Å². The Morgan fingerprint density at radius 3 is 2.67 bits per heavy atom. The van der Waals surface area contributed by atoms with Gasteiger partial charge in [0, 0.05) is 72.2 Å². The molecule has 5 heterocycles. The number of morpholine rings is 1. The van der Waals surface area contributed by atoms with Crippen molar-refractivity contribution in [2.24, 2.45) is 0 Å². The number of nitrogens with one attached hydrogen (secondary N) is 2. The molecule has 0 saturated carbocycles. The minimum absolute atomic E-state index is 0. The van der Waals surface area contributed by atoms with Gasteiger partial charge in [-0.1, -0.05) is 11.6 Å². The van der Waals surface area contributed by atoms with Gasteiger partial charge >= 0.3 is 0 Å². The highest BCUT2D eigenvalue weighted by Gasteiger charge is 2.39. The van der Waals surface area contributed by atoms with Gasteiger partial charge in [-0.3, -0.25) is 9.59 Å². The van der Waals surface area contributed by atoms with Gasteiger partial charge in [0.15, 0.2) is 0 Å². The second kappa shape index (κ2) is 11.9. The van der Waals surface area contributed by atoms with Crippen LogP contribution in [0.3, 0.4) is 0 Å². The third kappa shape index (κ3) is 5.70. The number of nitrogens with zero attached hydrogens (tertiary/aromatic N) is 3. The summed E-state index contributed by atoms with van der Waals surface area (Å²) in [5.41, 5.74) is 1.66. The monoisotopic (exact) mass is 627 g/mol. The molecule has 3 aromatic rings. The summed E-state index contributed by atoms with van der Waals surface area (Å²) in [4.78, 5) is 35.2. The van der Waals surface area contributed by atoms with Crippen LogP contribution in [-0.2, 0) is 26.0 Å². The number of ether oxygens (including phenoxy) is 1. The summed E-state index contributed by atoms with van der Waals surface area (Å²) >= 11 is 7.57. The Balaban J connectivity index is 0.00000323. The summed E-state index contributed by atoms with van der Waals surface area (Å²) in [6, 6.07) is 8.02.